The predicted molar refractivity (Wildman–Crippen MR) is 88.6 cm³/mol. The molecule has 1 aliphatic carbocycles. The van der Waals surface area contributed by atoms with Gasteiger partial charge in [0, 0.05) is 17.7 Å². The van der Waals surface area contributed by atoms with Gasteiger partial charge in [0.05, 0.1) is 0 Å². The van der Waals surface area contributed by atoms with Crippen LogP contribution in [-0.4, -0.2) is 5.91 Å². The van der Waals surface area contributed by atoms with E-state index in [0.29, 0.717) is 23.3 Å². The van der Waals surface area contributed by atoms with Crippen molar-refractivity contribution < 1.29 is 9.21 Å². The van der Waals surface area contributed by atoms with Crippen molar-refractivity contribution in [1.29, 1.82) is 5.26 Å². The SMILES string of the molecule is Cc1ccccc1NC(=O)C(C#N)=Cc1ccc(C2CC2C)o1. The standard InChI is InChI=1S/C19H18N2O2/c1-12-5-3-4-6-17(12)21-19(22)14(11-20)10-15-7-8-18(23-15)16-9-13(16)2/h3-8,10,13,16H,9H2,1-2H3,(H,21,22). The lowest BCUT2D eigenvalue weighted by Gasteiger charge is -2.06. The largest absolute Gasteiger partial charge is 0.461 e. The maximum Gasteiger partial charge on any atom is 0.266 e. The van der Waals surface area contributed by atoms with E-state index < -0.39 is 5.91 Å². The summed E-state index contributed by atoms with van der Waals surface area (Å²) in [5, 5.41) is 12.0. The number of furan rings is 1. The van der Waals surface area contributed by atoms with Gasteiger partial charge in [-0.3, -0.25) is 4.79 Å². The van der Waals surface area contributed by atoms with E-state index in [-0.39, 0.29) is 5.57 Å². The molecule has 1 aliphatic rings. The Labute approximate surface area is 135 Å². The summed E-state index contributed by atoms with van der Waals surface area (Å²) in [4.78, 5) is 12.3. The molecule has 1 saturated carbocycles. The first-order chi connectivity index (χ1) is 11.1. The first-order valence-electron chi connectivity index (χ1n) is 7.67. The lowest BCUT2D eigenvalue weighted by Crippen LogP contribution is -2.14. The van der Waals surface area contributed by atoms with Crippen LogP contribution < -0.4 is 5.32 Å². The topological polar surface area (TPSA) is 66.0 Å². The van der Waals surface area contributed by atoms with Crippen LogP contribution in [0, 0.1) is 24.2 Å². The van der Waals surface area contributed by atoms with Crippen molar-refractivity contribution in [2.45, 2.75) is 26.2 Å². The molecule has 23 heavy (non-hydrogen) atoms. The molecule has 4 heteroatoms. The molecular weight excluding hydrogens is 288 g/mol. The average molecular weight is 306 g/mol. The quantitative estimate of drug-likeness (QED) is 0.678. The summed E-state index contributed by atoms with van der Waals surface area (Å²) in [6, 6.07) is 13.1. The molecule has 0 bridgehead atoms. The summed E-state index contributed by atoms with van der Waals surface area (Å²) in [6.45, 7) is 4.08. The van der Waals surface area contributed by atoms with E-state index in [2.05, 4.69) is 12.2 Å². The second-order valence-electron chi connectivity index (χ2n) is 6.00. The highest BCUT2D eigenvalue weighted by Crippen LogP contribution is 2.47. The van der Waals surface area contributed by atoms with Crippen molar-refractivity contribution in [3.05, 3.63) is 59.1 Å². The minimum absolute atomic E-state index is 0.0259. The first kappa shape index (κ1) is 15.1. The third-order valence-electron chi connectivity index (χ3n) is 4.17. The summed E-state index contributed by atoms with van der Waals surface area (Å²) >= 11 is 0. The van der Waals surface area contributed by atoms with Crippen molar-refractivity contribution in [2.75, 3.05) is 5.32 Å². The van der Waals surface area contributed by atoms with Gasteiger partial charge in [-0.25, -0.2) is 0 Å². The summed E-state index contributed by atoms with van der Waals surface area (Å²) in [6.07, 6.45) is 2.62. The minimum Gasteiger partial charge on any atom is -0.461 e. The second kappa shape index (κ2) is 6.13. The third kappa shape index (κ3) is 3.35. The number of nitrogens with zero attached hydrogens (tertiary/aromatic N) is 1. The molecule has 1 aromatic carbocycles. The van der Waals surface area contributed by atoms with Crippen molar-refractivity contribution in [3.63, 3.8) is 0 Å². The number of amides is 1. The van der Waals surface area contributed by atoms with Crippen LogP contribution in [0.1, 0.15) is 36.3 Å². The minimum atomic E-state index is -0.431. The van der Waals surface area contributed by atoms with Gasteiger partial charge < -0.3 is 9.73 Å². The lowest BCUT2D eigenvalue weighted by atomic mass is 10.1. The van der Waals surface area contributed by atoms with Crippen LogP contribution in [0.15, 0.2) is 46.4 Å². The van der Waals surface area contributed by atoms with Gasteiger partial charge in [0.15, 0.2) is 0 Å². The van der Waals surface area contributed by atoms with E-state index in [1.54, 1.807) is 6.07 Å². The van der Waals surface area contributed by atoms with Gasteiger partial charge in [-0.1, -0.05) is 25.1 Å². The van der Waals surface area contributed by atoms with Crippen LogP contribution in [0.5, 0.6) is 0 Å². The number of carbonyl (C=O) groups excluding carboxylic acids is 1. The van der Waals surface area contributed by atoms with Gasteiger partial charge in [0.25, 0.3) is 5.91 Å². The Hall–Kier alpha value is -2.80. The number of aryl methyl sites for hydroxylation is 1. The fraction of sp³-hybridized carbons (Fsp3) is 0.263. The van der Waals surface area contributed by atoms with Gasteiger partial charge in [-0.15, -0.1) is 0 Å². The molecule has 0 aliphatic heterocycles. The lowest BCUT2D eigenvalue weighted by molar-refractivity contribution is -0.112. The molecule has 2 unspecified atom stereocenters. The summed E-state index contributed by atoms with van der Waals surface area (Å²) in [5.74, 6) is 2.16. The highest BCUT2D eigenvalue weighted by Gasteiger charge is 2.36. The van der Waals surface area contributed by atoms with Crippen molar-refractivity contribution >= 4 is 17.7 Å². The molecule has 116 valence electrons. The molecule has 1 amide bonds. The van der Waals surface area contributed by atoms with Crippen LogP contribution in [0.2, 0.25) is 0 Å². The van der Waals surface area contributed by atoms with Crippen molar-refractivity contribution in [3.8, 4) is 6.07 Å². The zero-order valence-corrected chi connectivity index (χ0v) is 13.2. The molecule has 1 N–H and O–H groups in total. The Morgan fingerprint density at radius 3 is 2.74 bits per heavy atom. The number of para-hydroxylation sites is 1. The normalized spacial score (nSPS) is 20.0. The Morgan fingerprint density at radius 2 is 2.09 bits per heavy atom. The van der Waals surface area contributed by atoms with E-state index in [0.717, 1.165) is 17.7 Å². The third-order valence-corrected chi connectivity index (χ3v) is 4.17. The number of nitrogens with one attached hydrogen (secondary N) is 1. The molecule has 1 fully saturated rings. The van der Waals surface area contributed by atoms with E-state index in [1.807, 2.05) is 43.3 Å². The molecule has 1 heterocycles. The van der Waals surface area contributed by atoms with Crippen LogP contribution in [0.25, 0.3) is 6.08 Å². The number of hydrogen-bond donors (Lipinski definition) is 1. The Kier molecular flexibility index (Phi) is 4.03. The number of carbonyl (C=O) groups is 1. The highest BCUT2D eigenvalue weighted by molar-refractivity contribution is 6.09. The maximum atomic E-state index is 12.3. The maximum absolute atomic E-state index is 12.3. The summed E-state index contributed by atoms with van der Waals surface area (Å²) in [5.41, 5.74) is 1.67. The van der Waals surface area contributed by atoms with Crippen LogP contribution in [0.3, 0.4) is 0 Å². The van der Waals surface area contributed by atoms with Gasteiger partial charge in [-0.05, 0) is 43.0 Å². The highest BCUT2D eigenvalue weighted by atomic mass is 16.3. The molecular formula is C19H18N2O2. The molecule has 0 radical (unpaired) electrons. The smallest absolute Gasteiger partial charge is 0.266 e. The van der Waals surface area contributed by atoms with E-state index in [4.69, 9.17) is 4.42 Å². The number of nitriles is 1. The molecule has 1 aromatic heterocycles. The molecule has 2 atom stereocenters. The van der Waals surface area contributed by atoms with E-state index in [1.165, 1.54) is 6.08 Å². The van der Waals surface area contributed by atoms with Gasteiger partial charge >= 0.3 is 0 Å². The number of hydrogen-bond acceptors (Lipinski definition) is 3. The van der Waals surface area contributed by atoms with E-state index in [9.17, 15) is 10.1 Å². The first-order valence-corrected chi connectivity index (χ1v) is 7.67. The Morgan fingerprint density at radius 1 is 1.35 bits per heavy atom. The average Bonchev–Trinajstić information content (AvgIpc) is 3.09. The number of benzene rings is 1. The molecule has 3 rings (SSSR count). The van der Waals surface area contributed by atoms with Crippen molar-refractivity contribution in [2.24, 2.45) is 5.92 Å². The Balaban J connectivity index is 1.76. The molecule has 4 nitrogen and oxygen atoms in total. The van der Waals surface area contributed by atoms with Crippen LogP contribution in [0.4, 0.5) is 5.69 Å². The predicted octanol–water partition coefficient (Wildman–Crippen LogP) is 4.26. The number of anilines is 1. The summed E-state index contributed by atoms with van der Waals surface area (Å²) in [7, 11) is 0. The van der Waals surface area contributed by atoms with Gasteiger partial charge in [0.2, 0.25) is 0 Å². The molecule has 0 spiro atoms. The van der Waals surface area contributed by atoms with Crippen LogP contribution >= 0.6 is 0 Å². The van der Waals surface area contributed by atoms with Gasteiger partial charge in [-0.2, -0.15) is 5.26 Å². The number of rotatable bonds is 4. The van der Waals surface area contributed by atoms with E-state index >= 15 is 0 Å². The monoisotopic (exact) mass is 306 g/mol. The fourth-order valence-electron chi connectivity index (χ4n) is 2.56. The van der Waals surface area contributed by atoms with Crippen molar-refractivity contribution in [1.82, 2.24) is 0 Å². The summed E-state index contributed by atoms with van der Waals surface area (Å²) < 4.78 is 5.73. The second-order valence-corrected chi connectivity index (χ2v) is 6.00. The van der Waals surface area contributed by atoms with Gasteiger partial charge in [0.1, 0.15) is 23.2 Å². The fourth-order valence-corrected chi connectivity index (χ4v) is 2.56. The molecule has 0 saturated heterocycles. The zero-order valence-electron chi connectivity index (χ0n) is 13.2. The van der Waals surface area contributed by atoms with Crippen LogP contribution in [-0.2, 0) is 4.79 Å². The zero-order chi connectivity index (χ0) is 16.4. The molecule has 2 aromatic rings. The Bertz CT molecular complexity index is 811.